The summed E-state index contributed by atoms with van der Waals surface area (Å²) >= 11 is 0. The molecule has 0 aliphatic heterocycles. The number of ether oxygens (including phenoxy) is 1. The van der Waals surface area contributed by atoms with Gasteiger partial charge >= 0.3 is 0 Å². The molecule has 0 aliphatic carbocycles. The minimum atomic E-state index is 0.479. The van der Waals surface area contributed by atoms with Crippen LogP contribution in [0.5, 0.6) is 5.95 Å². The molecule has 0 spiro atoms. The van der Waals surface area contributed by atoms with Crippen LogP contribution in [0.4, 0.5) is 0 Å². The van der Waals surface area contributed by atoms with E-state index in [-0.39, 0.29) is 0 Å². The summed E-state index contributed by atoms with van der Waals surface area (Å²) < 4.78 is 10.2. The van der Waals surface area contributed by atoms with Crippen molar-refractivity contribution >= 4 is 0 Å². The maximum Gasteiger partial charge on any atom is 0.285 e. The Bertz CT molecular complexity index is 486. The van der Waals surface area contributed by atoms with Gasteiger partial charge in [0.25, 0.3) is 5.95 Å². The number of hydrogen-bond acceptors (Lipinski definition) is 2. The Hall–Kier alpha value is -2.14. The highest BCUT2D eigenvalue weighted by atomic mass is 16.6. The van der Waals surface area contributed by atoms with Crippen molar-refractivity contribution < 1.29 is 9.15 Å². The molecule has 2 heteroatoms. The summed E-state index contributed by atoms with van der Waals surface area (Å²) in [6.45, 7) is 0. The normalized spacial score (nSPS) is 9.13. The molecule has 1 aromatic heterocycles. The van der Waals surface area contributed by atoms with Gasteiger partial charge in [-0.3, -0.25) is 0 Å². The Labute approximate surface area is 88.5 Å². The molecule has 1 heterocycles. The summed E-state index contributed by atoms with van der Waals surface area (Å²) in [4.78, 5) is 0. The lowest BCUT2D eigenvalue weighted by molar-refractivity contribution is 0.302. The van der Waals surface area contributed by atoms with Crippen LogP contribution in [0, 0.1) is 11.8 Å². The van der Waals surface area contributed by atoms with Gasteiger partial charge in [0.2, 0.25) is 0 Å². The van der Waals surface area contributed by atoms with E-state index in [0.717, 1.165) is 5.56 Å². The van der Waals surface area contributed by atoms with Crippen molar-refractivity contribution in [2.45, 2.75) is 0 Å². The lowest BCUT2D eigenvalue weighted by Crippen LogP contribution is -1.76. The molecule has 0 unspecified atom stereocenters. The first kappa shape index (κ1) is 9.42. The van der Waals surface area contributed by atoms with Crippen molar-refractivity contribution in [2.75, 3.05) is 7.11 Å². The molecule has 2 aromatic rings. The quantitative estimate of drug-likeness (QED) is 0.657. The highest BCUT2D eigenvalue weighted by molar-refractivity contribution is 5.39. The van der Waals surface area contributed by atoms with Crippen LogP contribution in [0.25, 0.3) is 0 Å². The maximum absolute atomic E-state index is 5.26. The van der Waals surface area contributed by atoms with Gasteiger partial charge < -0.3 is 9.15 Å². The second-order valence-corrected chi connectivity index (χ2v) is 2.94. The molecule has 2 nitrogen and oxygen atoms in total. The minimum absolute atomic E-state index is 0.479. The van der Waals surface area contributed by atoms with Crippen LogP contribution in [-0.2, 0) is 0 Å². The molecule has 0 atom stereocenters. The fraction of sp³-hybridized carbons (Fsp3) is 0.0769. The van der Waals surface area contributed by atoms with Crippen molar-refractivity contribution in [1.82, 2.24) is 0 Å². The first-order valence-corrected chi connectivity index (χ1v) is 4.59. The summed E-state index contributed by atoms with van der Waals surface area (Å²) in [5.41, 5.74) is 0.966. The lowest BCUT2D eigenvalue weighted by atomic mass is 10.2. The molecular weight excluding hydrogens is 188 g/mol. The van der Waals surface area contributed by atoms with Crippen molar-refractivity contribution in [1.29, 1.82) is 0 Å². The number of rotatable bonds is 1. The highest BCUT2D eigenvalue weighted by Crippen LogP contribution is 2.13. The van der Waals surface area contributed by atoms with Crippen LogP contribution in [-0.4, -0.2) is 7.11 Å². The van der Waals surface area contributed by atoms with Crippen molar-refractivity contribution in [2.24, 2.45) is 0 Å². The molecule has 0 bridgehead atoms. The van der Waals surface area contributed by atoms with Gasteiger partial charge in [0.1, 0.15) is 0 Å². The molecule has 0 aliphatic rings. The van der Waals surface area contributed by atoms with Crippen molar-refractivity contribution in [3.05, 3.63) is 53.8 Å². The van der Waals surface area contributed by atoms with Crippen molar-refractivity contribution in [3.8, 4) is 17.8 Å². The molecule has 15 heavy (non-hydrogen) atoms. The van der Waals surface area contributed by atoms with E-state index in [2.05, 4.69) is 11.8 Å². The zero-order valence-corrected chi connectivity index (χ0v) is 8.36. The summed E-state index contributed by atoms with van der Waals surface area (Å²) in [5, 5.41) is 0. The van der Waals surface area contributed by atoms with E-state index in [1.54, 1.807) is 19.2 Å². The van der Waals surface area contributed by atoms with Gasteiger partial charge in [-0.2, -0.15) is 0 Å². The van der Waals surface area contributed by atoms with Crippen LogP contribution in [0.15, 0.2) is 46.9 Å². The first-order chi connectivity index (χ1) is 7.38. The monoisotopic (exact) mass is 198 g/mol. The number of furan rings is 1. The standard InChI is InChI=1S/C13H10O2/c1-14-13-10-9-12(15-13)8-7-11-5-3-2-4-6-11/h2-6,9-10H,1H3. The molecule has 0 amide bonds. The van der Waals surface area contributed by atoms with E-state index < -0.39 is 0 Å². The van der Waals surface area contributed by atoms with E-state index in [1.165, 1.54) is 0 Å². The van der Waals surface area contributed by atoms with Gasteiger partial charge in [-0.05, 0) is 24.1 Å². The Morgan fingerprint density at radius 3 is 2.47 bits per heavy atom. The molecule has 0 N–H and O–H groups in total. The maximum atomic E-state index is 5.26. The van der Waals surface area contributed by atoms with Gasteiger partial charge in [-0.15, -0.1) is 0 Å². The fourth-order valence-electron chi connectivity index (χ4n) is 1.15. The topological polar surface area (TPSA) is 22.4 Å². The Balaban J connectivity index is 2.18. The second kappa shape index (κ2) is 4.39. The minimum Gasteiger partial charge on any atom is -0.468 e. The Morgan fingerprint density at radius 2 is 1.80 bits per heavy atom. The molecule has 0 fully saturated rings. The number of methoxy groups -OCH3 is 1. The predicted octanol–water partition coefficient (Wildman–Crippen LogP) is 2.69. The average molecular weight is 198 g/mol. The fourth-order valence-corrected chi connectivity index (χ4v) is 1.15. The molecule has 0 saturated carbocycles. The number of hydrogen-bond donors (Lipinski definition) is 0. The van der Waals surface area contributed by atoms with Gasteiger partial charge in [0, 0.05) is 11.6 Å². The summed E-state index contributed by atoms with van der Waals surface area (Å²) in [6, 6.07) is 13.3. The zero-order valence-electron chi connectivity index (χ0n) is 8.36. The third kappa shape index (κ3) is 2.41. The summed E-state index contributed by atoms with van der Waals surface area (Å²) in [6.07, 6.45) is 0. The van der Waals surface area contributed by atoms with Gasteiger partial charge in [0.05, 0.1) is 7.11 Å². The molecule has 0 saturated heterocycles. The van der Waals surface area contributed by atoms with E-state index in [4.69, 9.17) is 9.15 Å². The van der Waals surface area contributed by atoms with E-state index in [1.807, 2.05) is 30.3 Å². The predicted molar refractivity (Wildman–Crippen MR) is 57.7 cm³/mol. The third-order valence-electron chi connectivity index (χ3n) is 1.89. The van der Waals surface area contributed by atoms with Crippen molar-refractivity contribution in [3.63, 3.8) is 0 Å². The van der Waals surface area contributed by atoms with E-state index in [0.29, 0.717) is 11.7 Å². The highest BCUT2D eigenvalue weighted by Gasteiger charge is 1.96. The summed E-state index contributed by atoms with van der Waals surface area (Å²) in [7, 11) is 1.56. The Morgan fingerprint density at radius 1 is 1.00 bits per heavy atom. The third-order valence-corrected chi connectivity index (χ3v) is 1.89. The smallest absolute Gasteiger partial charge is 0.285 e. The van der Waals surface area contributed by atoms with Gasteiger partial charge in [0.15, 0.2) is 5.76 Å². The van der Waals surface area contributed by atoms with E-state index in [9.17, 15) is 0 Å². The van der Waals surface area contributed by atoms with Crippen LogP contribution in [0.1, 0.15) is 11.3 Å². The molecule has 0 radical (unpaired) electrons. The largest absolute Gasteiger partial charge is 0.468 e. The first-order valence-electron chi connectivity index (χ1n) is 4.59. The lowest BCUT2D eigenvalue weighted by Gasteiger charge is -1.88. The zero-order chi connectivity index (χ0) is 10.5. The molecule has 2 rings (SSSR count). The van der Waals surface area contributed by atoms with Gasteiger partial charge in [-0.25, -0.2) is 0 Å². The van der Waals surface area contributed by atoms with E-state index >= 15 is 0 Å². The van der Waals surface area contributed by atoms with Crippen LogP contribution in [0.3, 0.4) is 0 Å². The van der Waals surface area contributed by atoms with Crippen LogP contribution in [0.2, 0.25) is 0 Å². The summed E-state index contributed by atoms with van der Waals surface area (Å²) in [5.74, 6) is 7.00. The molecular formula is C13H10O2. The SMILES string of the molecule is COc1ccc(C#Cc2ccccc2)o1. The molecule has 1 aromatic carbocycles. The Kier molecular flexibility index (Phi) is 2.75. The second-order valence-electron chi connectivity index (χ2n) is 2.94. The van der Waals surface area contributed by atoms with Gasteiger partial charge in [-0.1, -0.05) is 24.1 Å². The van der Waals surface area contributed by atoms with Crippen LogP contribution < -0.4 is 4.74 Å². The number of benzene rings is 1. The average Bonchev–Trinajstić information content (AvgIpc) is 2.76. The molecule has 74 valence electrons. The van der Waals surface area contributed by atoms with Crippen LogP contribution >= 0.6 is 0 Å².